The number of benzene rings is 2. The number of fused-ring (bicyclic) bond motifs is 2. The number of rotatable bonds is 5. The van der Waals surface area contributed by atoms with Crippen molar-refractivity contribution >= 4 is 50.8 Å². The number of anilines is 1. The van der Waals surface area contributed by atoms with Crippen LogP contribution in [-0.2, 0) is 4.79 Å². The topological polar surface area (TPSA) is 138 Å². The third-order valence-corrected chi connectivity index (χ3v) is 5.85. The summed E-state index contributed by atoms with van der Waals surface area (Å²) in [6.45, 7) is -0.578. The van der Waals surface area contributed by atoms with Gasteiger partial charge in [0.05, 0.1) is 16.2 Å². The standard InChI is InChI=1S/C21H13N5O5S/c27-17(9-25-19(28)12-5-3-7-16(26(30)31)18(12)20(25)29)24-21-23-15(10-32-21)13-8-22-14-6-2-1-4-11(13)14/h1-8,10,22H,9H2,(H,23,24,27). The van der Waals surface area contributed by atoms with Crippen LogP contribution in [-0.4, -0.2) is 44.1 Å². The second-order valence-electron chi connectivity index (χ2n) is 6.99. The van der Waals surface area contributed by atoms with Crippen LogP contribution in [0.1, 0.15) is 20.7 Å². The lowest BCUT2D eigenvalue weighted by atomic mass is 10.1. The zero-order valence-corrected chi connectivity index (χ0v) is 17.0. The molecule has 0 fully saturated rings. The van der Waals surface area contributed by atoms with Crippen molar-refractivity contribution in [2.24, 2.45) is 0 Å². The van der Waals surface area contributed by atoms with E-state index >= 15 is 0 Å². The molecule has 2 N–H and O–H groups in total. The SMILES string of the molecule is O=C(CN1C(=O)c2cccc([N+](=O)[O-])c2C1=O)Nc1nc(-c2c[nH]c3ccccc23)cs1. The maximum absolute atomic E-state index is 12.6. The minimum atomic E-state index is -0.869. The number of aromatic amines is 1. The number of para-hydroxylation sites is 1. The molecule has 0 unspecified atom stereocenters. The van der Waals surface area contributed by atoms with Crippen molar-refractivity contribution in [2.45, 2.75) is 0 Å². The lowest BCUT2D eigenvalue weighted by molar-refractivity contribution is -0.385. The fraction of sp³-hybridized carbons (Fsp3) is 0.0476. The molecule has 1 aliphatic heterocycles. The van der Waals surface area contributed by atoms with Crippen molar-refractivity contribution in [2.75, 3.05) is 11.9 Å². The molecule has 5 rings (SSSR count). The van der Waals surface area contributed by atoms with E-state index in [0.29, 0.717) is 15.7 Å². The van der Waals surface area contributed by atoms with Crippen LogP contribution in [0.2, 0.25) is 0 Å². The van der Waals surface area contributed by atoms with E-state index in [1.807, 2.05) is 30.5 Å². The third-order valence-electron chi connectivity index (χ3n) is 5.09. The van der Waals surface area contributed by atoms with Crippen LogP contribution in [0.3, 0.4) is 0 Å². The number of aromatic nitrogens is 2. The number of nitro benzene ring substituents is 1. The van der Waals surface area contributed by atoms with E-state index in [1.54, 1.807) is 5.38 Å². The largest absolute Gasteiger partial charge is 0.360 e. The number of nitro groups is 1. The van der Waals surface area contributed by atoms with E-state index < -0.39 is 34.9 Å². The van der Waals surface area contributed by atoms with Gasteiger partial charge in [0.2, 0.25) is 5.91 Å². The van der Waals surface area contributed by atoms with Crippen LogP contribution >= 0.6 is 11.3 Å². The minimum Gasteiger partial charge on any atom is -0.360 e. The van der Waals surface area contributed by atoms with Crippen molar-refractivity contribution < 1.29 is 19.3 Å². The fourth-order valence-corrected chi connectivity index (χ4v) is 4.38. The van der Waals surface area contributed by atoms with Gasteiger partial charge in [-0.15, -0.1) is 11.3 Å². The molecule has 0 saturated heterocycles. The van der Waals surface area contributed by atoms with E-state index in [-0.39, 0.29) is 11.1 Å². The molecule has 0 saturated carbocycles. The van der Waals surface area contributed by atoms with Crippen LogP contribution in [0.5, 0.6) is 0 Å². The average molecular weight is 447 g/mol. The Bertz CT molecular complexity index is 1440. The lowest BCUT2D eigenvalue weighted by Gasteiger charge is -2.12. The van der Waals surface area contributed by atoms with Gasteiger partial charge in [0.1, 0.15) is 12.1 Å². The smallest absolute Gasteiger partial charge is 0.282 e. The Hall–Kier alpha value is -4.38. The highest BCUT2D eigenvalue weighted by Crippen LogP contribution is 2.32. The minimum absolute atomic E-state index is 0.0899. The van der Waals surface area contributed by atoms with Gasteiger partial charge < -0.3 is 10.3 Å². The normalized spacial score (nSPS) is 12.9. The average Bonchev–Trinajstić information content (AvgIpc) is 3.47. The molecule has 11 heteroatoms. The molecule has 158 valence electrons. The van der Waals surface area contributed by atoms with Crippen molar-refractivity contribution in [1.82, 2.24) is 14.9 Å². The first-order chi connectivity index (χ1) is 15.4. The predicted molar refractivity (Wildman–Crippen MR) is 116 cm³/mol. The number of thiazole rings is 1. The van der Waals surface area contributed by atoms with Crippen molar-refractivity contribution in [1.29, 1.82) is 0 Å². The van der Waals surface area contributed by atoms with Crippen LogP contribution in [0, 0.1) is 10.1 Å². The molecule has 10 nitrogen and oxygen atoms in total. The predicted octanol–water partition coefficient (Wildman–Crippen LogP) is 3.43. The van der Waals surface area contributed by atoms with Gasteiger partial charge in [-0.3, -0.25) is 29.4 Å². The first-order valence-corrected chi connectivity index (χ1v) is 10.3. The molecule has 1 aliphatic rings. The van der Waals surface area contributed by atoms with Gasteiger partial charge in [-0.1, -0.05) is 24.3 Å². The summed E-state index contributed by atoms with van der Waals surface area (Å²) in [6, 6.07) is 11.5. The summed E-state index contributed by atoms with van der Waals surface area (Å²) in [5, 5.41) is 16.9. The van der Waals surface area contributed by atoms with E-state index in [0.717, 1.165) is 22.5 Å². The van der Waals surface area contributed by atoms with Gasteiger partial charge >= 0.3 is 0 Å². The number of nitrogens with one attached hydrogen (secondary N) is 2. The van der Waals surface area contributed by atoms with Crippen molar-refractivity contribution in [3.8, 4) is 11.3 Å². The maximum atomic E-state index is 12.6. The molecule has 0 spiro atoms. The van der Waals surface area contributed by atoms with Gasteiger partial charge in [-0.05, 0) is 12.1 Å². The van der Waals surface area contributed by atoms with Gasteiger partial charge in [0, 0.05) is 34.1 Å². The Morgan fingerprint density at radius 3 is 2.75 bits per heavy atom. The molecule has 2 aromatic heterocycles. The monoisotopic (exact) mass is 447 g/mol. The van der Waals surface area contributed by atoms with Crippen LogP contribution < -0.4 is 5.32 Å². The number of imide groups is 1. The second kappa shape index (κ2) is 7.39. The molecule has 2 aromatic carbocycles. The molecule has 3 amide bonds. The summed E-state index contributed by atoms with van der Waals surface area (Å²) in [5.74, 6) is -2.25. The molecular formula is C21H13N5O5S. The quantitative estimate of drug-likeness (QED) is 0.273. The third kappa shape index (κ3) is 3.11. The summed E-state index contributed by atoms with van der Waals surface area (Å²) in [5.41, 5.74) is 1.65. The molecule has 0 bridgehead atoms. The van der Waals surface area contributed by atoms with Crippen molar-refractivity contribution in [3.63, 3.8) is 0 Å². The van der Waals surface area contributed by atoms with E-state index in [1.165, 1.54) is 23.5 Å². The highest BCUT2D eigenvalue weighted by atomic mass is 32.1. The van der Waals surface area contributed by atoms with Gasteiger partial charge in [0.15, 0.2) is 5.13 Å². The summed E-state index contributed by atoms with van der Waals surface area (Å²) < 4.78 is 0. The van der Waals surface area contributed by atoms with Crippen LogP contribution in [0.4, 0.5) is 10.8 Å². The van der Waals surface area contributed by atoms with Gasteiger partial charge in [0.25, 0.3) is 17.5 Å². The van der Waals surface area contributed by atoms with Crippen molar-refractivity contribution in [3.05, 3.63) is 75.3 Å². The Labute approximate surface area is 183 Å². The first-order valence-electron chi connectivity index (χ1n) is 9.39. The molecule has 4 aromatic rings. The summed E-state index contributed by atoms with van der Waals surface area (Å²) >= 11 is 1.20. The second-order valence-corrected chi connectivity index (χ2v) is 7.85. The number of carbonyl (C=O) groups excluding carboxylic acids is 3. The summed E-state index contributed by atoms with van der Waals surface area (Å²) in [7, 11) is 0. The van der Waals surface area contributed by atoms with Crippen LogP contribution in [0.15, 0.2) is 54.0 Å². The number of amides is 3. The maximum Gasteiger partial charge on any atom is 0.282 e. The van der Waals surface area contributed by atoms with E-state index in [2.05, 4.69) is 15.3 Å². The van der Waals surface area contributed by atoms with E-state index in [9.17, 15) is 24.5 Å². The number of hydrogen-bond donors (Lipinski definition) is 2. The summed E-state index contributed by atoms with van der Waals surface area (Å²) in [6.07, 6.45) is 1.83. The molecular weight excluding hydrogens is 434 g/mol. The molecule has 3 heterocycles. The summed E-state index contributed by atoms with van der Waals surface area (Å²) in [4.78, 5) is 56.4. The molecule has 0 radical (unpaired) electrons. The highest BCUT2D eigenvalue weighted by Gasteiger charge is 2.41. The Kier molecular flexibility index (Phi) is 4.52. The van der Waals surface area contributed by atoms with Crippen LogP contribution in [0.25, 0.3) is 22.2 Å². The molecule has 0 aliphatic carbocycles. The number of H-pyrrole nitrogens is 1. The first kappa shape index (κ1) is 19.6. The number of nitrogens with zero attached hydrogens (tertiary/aromatic N) is 3. The zero-order chi connectivity index (χ0) is 22.4. The molecule has 32 heavy (non-hydrogen) atoms. The fourth-order valence-electron chi connectivity index (χ4n) is 3.65. The Morgan fingerprint density at radius 2 is 1.94 bits per heavy atom. The van der Waals surface area contributed by atoms with Gasteiger partial charge in [-0.2, -0.15) is 0 Å². The highest BCUT2D eigenvalue weighted by molar-refractivity contribution is 7.14. The number of carbonyl (C=O) groups is 3. The van der Waals surface area contributed by atoms with Gasteiger partial charge in [-0.25, -0.2) is 4.98 Å². The number of hydrogen-bond acceptors (Lipinski definition) is 7. The Balaban J connectivity index is 1.33. The zero-order valence-electron chi connectivity index (χ0n) is 16.2. The Morgan fingerprint density at radius 1 is 1.12 bits per heavy atom. The van der Waals surface area contributed by atoms with E-state index in [4.69, 9.17) is 0 Å². The lowest BCUT2D eigenvalue weighted by Crippen LogP contribution is -2.37. The molecule has 0 atom stereocenters.